The first-order valence-electron chi connectivity index (χ1n) is 7.12. The lowest BCUT2D eigenvalue weighted by molar-refractivity contribution is 0.340. The van der Waals surface area contributed by atoms with Crippen molar-refractivity contribution in [3.8, 4) is 11.5 Å². The fraction of sp³-hybridized carbons (Fsp3) is 0.235. The van der Waals surface area contributed by atoms with E-state index in [0.29, 0.717) is 18.3 Å². The van der Waals surface area contributed by atoms with Crippen molar-refractivity contribution in [2.24, 2.45) is 0 Å². The molecule has 0 saturated carbocycles. The van der Waals surface area contributed by atoms with E-state index in [-0.39, 0.29) is 0 Å². The van der Waals surface area contributed by atoms with Crippen LogP contribution in [0.25, 0.3) is 0 Å². The van der Waals surface area contributed by atoms with Gasteiger partial charge in [-0.3, -0.25) is 0 Å². The number of anilines is 1. The van der Waals surface area contributed by atoms with Crippen LogP contribution < -0.4 is 20.1 Å². The molecule has 0 saturated heterocycles. The van der Waals surface area contributed by atoms with E-state index in [0.717, 1.165) is 22.7 Å². The van der Waals surface area contributed by atoms with Crippen LogP contribution in [0.1, 0.15) is 12.5 Å². The van der Waals surface area contributed by atoms with Gasteiger partial charge in [0.25, 0.3) is 0 Å². The summed E-state index contributed by atoms with van der Waals surface area (Å²) in [4.78, 5) is 0. The number of nitrogens with one attached hydrogen (secondary N) is 2. The topological polar surface area (TPSA) is 42.5 Å². The highest BCUT2D eigenvalue weighted by Crippen LogP contribution is 2.18. The van der Waals surface area contributed by atoms with Crippen molar-refractivity contribution in [3.63, 3.8) is 0 Å². The Kier molecular flexibility index (Phi) is 6.03. The third-order valence-electron chi connectivity index (χ3n) is 3.03. The van der Waals surface area contributed by atoms with Gasteiger partial charge in [-0.25, -0.2) is 0 Å². The first-order chi connectivity index (χ1) is 10.7. The number of para-hydroxylation sites is 1. The SMILES string of the molecule is CCOc1cccc(NC(=S)NCc2ccccc2OC)c1. The van der Waals surface area contributed by atoms with Crippen LogP contribution in [-0.2, 0) is 6.54 Å². The van der Waals surface area contributed by atoms with Gasteiger partial charge < -0.3 is 20.1 Å². The van der Waals surface area contributed by atoms with Gasteiger partial charge in [0.2, 0.25) is 0 Å². The molecule has 2 rings (SSSR count). The number of thiocarbonyl (C=S) groups is 1. The molecule has 0 spiro atoms. The van der Waals surface area contributed by atoms with Crippen molar-refractivity contribution in [1.82, 2.24) is 5.32 Å². The number of rotatable bonds is 6. The molecule has 0 aromatic heterocycles. The van der Waals surface area contributed by atoms with Gasteiger partial charge in [-0.1, -0.05) is 24.3 Å². The van der Waals surface area contributed by atoms with Crippen molar-refractivity contribution in [3.05, 3.63) is 54.1 Å². The Balaban J connectivity index is 1.91. The van der Waals surface area contributed by atoms with Crippen LogP contribution in [0.5, 0.6) is 11.5 Å². The van der Waals surface area contributed by atoms with E-state index in [1.807, 2.05) is 55.5 Å². The van der Waals surface area contributed by atoms with Gasteiger partial charge in [-0.05, 0) is 37.3 Å². The summed E-state index contributed by atoms with van der Waals surface area (Å²) < 4.78 is 10.8. The molecule has 0 bridgehead atoms. The number of hydrogen-bond acceptors (Lipinski definition) is 3. The molecule has 5 heteroatoms. The quantitative estimate of drug-likeness (QED) is 0.797. The Morgan fingerprint density at radius 3 is 2.73 bits per heavy atom. The fourth-order valence-electron chi connectivity index (χ4n) is 2.03. The summed E-state index contributed by atoms with van der Waals surface area (Å²) in [6.45, 7) is 3.19. The molecule has 0 aliphatic rings. The minimum Gasteiger partial charge on any atom is -0.496 e. The smallest absolute Gasteiger partial charge is 0.171 e. The molecular formula is C17H20N2O2S. The number of ether oxygens (including phenoxy) is 2. The van der Waals surface area contributed by atoms with Crippen LogP contribution in [0, 0.1) is 0 Å². The molecule has 0 unspecified atom stereocenters. The summed E-state index contributed by atoms with van der Waals surface area (Å²) in [5, 5.41) is 6.88. The van der Waals surface area contributed by atoms with Crippen LogP contribution in [0.2, 0.25) is 0 Å². The molecule has 0 amide bonds. The molecule has 0 aliphatic carbocycles. The standard InChI is InChI=1S/C17H20N2O2S/c1-3-21-15-9-6-8-14(11-15)19-17(22)18-12-13-7-4-5-10-16(13)20-2/h4-11H,3,12H2,1-2H3,(H2,18,19,22). The van der Waals surface area contributed by atoms with E-state index in [9.17, 15) is 0 Å². The predicted octanol–water partition coefficient (Wildman–Crippen LogP) is 3.58. The Bertz CT molecular complexity index is 632. The zero-order chi connectivity index (χ0) is 15.8. The largest absolute Gasteiger partial charge is 0.496 e. The molecular weight excluding hydrogens is 296 g/mol. The third kappa shape index (κ3) is 4.63. The van der Waals surface area contributed by atoms with E-state index in [1.54, 1.807) is 7.11 Å². The Hall–Kier alpha value is -2.27. The average Bonchev–Trinajstić information content (AvgIpc) is 2.54. The number of methoxy groups -OCH3 is 1. The first-order valence-corrected chi connectivity index (χ1v) is 7.53. The summed E-state index contributed by atoms with van der Waals surface area (Å²) in [7, 11) is 1.66. The molecule has 2 aromatic carbocycles. The van der Waals surface area contributed by atoms with Gasteiger partial charge in [0.05, 0.1) is 13.7 Å². The Morgan fingerprint density at radius 2 is 1.95 bits per heavy atom. The van der Waals surface area contributed by atoms with E-state index < -0.39 is 0 Å². The zero-order valence-corrected chi connectivity index (χ0v) is 13.6. The molecule has 0 fully saturated rings. The summed E-state index contributed by atoms with van der Waals surface area (Å²) in [5.41, 5.74) is 1.95. The monoisotopic (exact) mass is 316 g/mol. The molecule has 0 radical (unpaired) electrons. The maximum absolute atomic E-state index is 5.47. The highest BCUT2D eigenvalue weighted by Gasteiger charge is 2.03. The van der Waals surface area contributed by atoms with Crippen LogP contribution in [0.15, 0.2) is 48.5 Å². The second-order valence-corrected chi connectivity index (χ2v) is 4.99. The van der Waals surface area contributed by atoms with Crippen molar-refractivity contribution in [2.45, 2.75) is 13.5 Å². The van der Waals surface area contributed by atoms with E-state index in [1.165, 1.54) is 0 Å². The van der Waals surface area contributed by atoms with Crippen molar-refractivity contribution in [2.75, 3.05) is 19.0 Å². The van der Waals surface area contributed by atoms with E-state index >= 15 is 0 Å². The molecule has 0 aliphatic heterocycles. The maximum Gasteiger partial charge on any atom is 0.171 e. The van der Waals surface area contributed by atoms with Gasteiger partial charge in [0.1, 0.15) is 11.5 Å². The third-order valence-corrected chi connectivity index (χ3v) is 3.28. The highest BCUT2D eigenvalue weighted by atomic mass is 32.1. The lowest BCUT2D eigenvalue weighted by atomic mass is 10.2. The second-order valence-electron chi connectivity index (χ2n) is 4.58. The van der Waals surface area contributed by atoms with Crippen LogP contribution in [0.3, 0.4) is 0 Å². The number of benzene rings is 2. The second kappa shape index (κ2) is 8.24. The van der Waals surface area contributed by atoms with Gasteiger partial charge >= 0.3 is 0 Å². The molecule has 22 heavy (non-hydrogen) atoms. The van der Waals surface area contributed by atoms with Crippen LogP contribution >= 0.6 is 12.2 Å². The van der Waals surface area contributed by atoms with Crippen molar-refractivity contribution < 1.29 is 9.47 Å². The van der Waals surface area contributed by atoms with Crippen molar-refractivity contribution in [1.29, 1.82) is 0 Å². The molecule has 116 valence electrons. The van der Waals surface area contributed by atoms with E-state index in [2.05, 4.69) is 10.6 Å². The summed E-state index contributed by atoms with van der Waals surface area (Å²) >= 11 is 5.32. The summed E-state index contributed by atoms with van der Waals surface area (Å²) in [6.07, 6.45) is 0. The molecule has 4 nitrogen and oxygen atoms in total. The van der Waals surface area contributed by atoms with Gasteiger partial charge in [-0.2, -0.15) is 0 Å². The normalized spacial score (nSPS) is 9.91. The Morgan fingerprint density at radius 1 is 1.14 bits per heavy atom. The lowest BCUT2D eigenvalue weighted by Gasteiger charge is -2.13. The average molecular weight is 316 g/mol. The lowest BCUT2D eigenvalue weighted by Crippen LogP contribution is -2.28. The summed E-state index contributed by atoms with van der Waals surface area (Å²) in [6, 6.07) is 15.6. The van der Waals surface area contributed by atoms with E-state index in [4.69, 9.17) is 21.7 Å². The van der Waals surface area contributed by atoms with Gasteiger partial charge in [0, 0.05) is 23.9 Å². The summed E-state index contributed by atoms with van der Waals surface area (Å²) in [5.74, 6) is 1.66. The van der Waals surface area contributed by atoms with Crippen LogP contribution in [-0.4, -0.2) is 18.8 Å². The zero-order valence-electron chi connectivity index (χ0n) is 12.8. The molecule has 2 aromatic rings. The van der Waals surface area contributed by atoms with Crippen molar-refractivity contribution >= 4 is 23.0 Å². The van der Waals surface area contributed by atoms with Gasteiger partial charge in [-0.15, -0.1) is 0 Å². The predicted molar refractivity (Wildman–Crippen MR) is 93.7 cm³/mol. The van der Waals surface area contributed by atoms with Crippen LogP contribution in [0.4, 0.5) is 5.69 Å². The molecule has 0 atom stereocenters. The molecule has 0 heterocycles. The minimum absolute atomic E-state index is 0.555. The highest BCUT2D eigenvalue weighted by molar-refractivity contribution is 7.80. The minimum atomic E-state index is 0.555. The molecule has 2 N–H and O–H groups in total. The maximum atomic E-state index is 5.47. The number of hydrogen-bond donors (Lipinski definition) is 2. The first kappa shape index (κ1) is 16.1. The Labute approximate surface area is 136 Å². The van der Waals surface area contributed by atoms with Gasteiger partial charge in [0.15, 0.2) is 5.11 Å². The fourth-order valence-corrected chi connectivity index (χ4v) is 2.22.